The van der Waals surface area contributed by atoms with Crippen LogP contribution >= 0.6 is 0 Å². The average molecular weight is 261 g/mol. The average Bonchev–Trinajstić information content (AvgIpc) is 2.48. The molecule has 1 aliphatic heterocycles. The molecule has 0 spiro atoms. The topological polar surface area (TPSA) is 58.4 Å². The number of hydrazine groups is 1. The monoisotopic (exact) mass is 261 g/mol. The molecule has 0 radical (unpaired) electrons. The molecule has 0 saturated carbocycles. The number of hydrogen-bond acceptors (Lipinski definition) is 3. The van der Waals surface area contributed by atoms with Crippen LogP contribution in [0.15, 0.2) is 30.3 Å². The molecule has 1 aromatic carbocycles. The minimum atomic E-state index is -0.263. The third kappa shape index (κ3) is 3.33. The van der Waals surface area contributed by atoms with Gasteiger partial charge in [0.2, 0.25) is 0 Å². The van der Waals surface area contributed by atoms with E-state index in [1.165, 1.54) is 12.8 Å². The van der Waals surface area contributed by atoms with Crippen LogP contribution in [0.4, 0.5) is 0 Å². The van der Waals surface area contributed by atoms with Crippen molar-refractivity contribution >= 4 is 5.91 Å². The Morgan fingerprint density at radius 3 is 2.84 bits per heavy atom. The molecule has 0 aliphatic carbocycles. The molecule has 0 aromatic heterocycles. The van der Waals surface area contributed by atoms with Crippen LogP contribution in [-0.2, 0) is 4.79 Å². The number of nitrogens with one attached hydrogen (secondary N) is 1. The van der Waals surface area contributed by atoms with Crippen molar-refractivity contribution in [3.8, 4) is 0 Å². The highest BCUT2D eigenvalue weighted by Gasteiger charge is 2.30. The number of likely N-dealkylation sites (tertiary alicyclic amines) is 1. The maximum Gasteiger partial charge on any atom is 0.255 e. The number of piperidine rings is 1. The molecule has 0 bridgehead atoms. The first-order valence-electron chi connectivity index (χ1n) is 7.05. The molecule has 2 atom stereocenters. The molecule has 1 fully saturated rings. The molecule has 4 heteroatoms. The summed E-state index contributed by atoms with van der Waals surface area (Å²) in [7, 11) is 0. The van der Waals surface area contributed by atoms with Crippen LogP contribution < -0.4 is 11.3 Å². The summed E-state index contributed by atoms with van der Waals surface area (Å²) in [5, 5.41) is 0. The smallest absolute Gasteiger partial charge is 0.255 e. The summed E-state index contributed by atoms with van der Waals surface area (Å²) >= 11 is 0. The Kier molecular flexibility index (Phi) is 4.93. The number of benzene rings is 1. The molecule has 1 saturated heterocycles. The molecule has 4 nitrogen and oxygen atoms in total. The molecule has 1 heterocycles. The largest absolute Gasteiger partial charge is 0.293 e. The van der Waals surface area contributed by atoms with Crippen LogP contribution in [0.1, 0.15) is 37.8 Å². The molecular formula is C15H23N3O. The summed E-state index contributed by atoms with van der Waals surface area (Å²) in [5.74, 6) is 5.92. The number of rotatable bonds is 4. The van der Waals surface area contributed by atoms with E-state index in [1.807, 2.05) is 30.3 Å². The predicted octanol–water partition coefficient (Wildman–Crippen LogP) is 1.84. The lowest BCUT2D eigenvalue weighted by Gasteiger charge is -2.37. The Labute approximate surface area is 114 Å². The van der Waals surface area contributed by atoms with Gasteiger partial charge in [-0.25, -0.2) is 5.84 Å². The molecule has 1 aromatic rings. The number of nitrogens with two attached hydrogens (primary N) is 1. The van der Waals surface area contributed by atoms with Crippen molar-refractivity contribution in [3.63, 3.8) is 0 Å². The number of carbonyl (C=O) groups is 1. The van der Waals surface area contributed by atoms with Crippen molar-refractivity contribution in [1.29, 1.82) is 0 Å². The van der Waals surface area contributed by atoms with Crippen molar-refractivity contribution in [2.45, 2.75) is 32.2 Å². The first kappa shape index (κ1) is 14.0. The molecule has 19 heavy (non-hydrogen) atoms. The Morgan fingerprint density at radius 1 is 1.47 bits per heavy atom. The molecule has 1 aliphatic rings. The Balaban J connectivity index is 2.20. The summed E-state index contributed by atoms with van der Waals surface area (Å²) in [6, 6.07) is 9.62. The van der Waals surface area contributed by atoms with Crippen LogP contribution in [0, 0.1) is 5.92 Å². The summed E-state index contributed by atoms with van der Waals surface area (Å²) < 4.78 is 0. The fourth-order valence-electron chi connectivity index (χ4n) is 2.91. The minimum Gasteiger partial charge on any atom is -0.293 e. The van der Waals surface area contributed by atoms with Gasteiger partial charge in [-0.1, -0.05) is 43.7 Å². The lowest BCUT2D eigenvalue weighted by molar-refractivity contribution is -0.127. The quantitative estimate of drug-likeness (QED) is 0.494. The third-order valence-corrected chi connectivity index (χ3v) is 4.00. The second-order valence-electron chi connectivity index (χ2n) is 5.23. The van der Waals surface area contributed by atoms with Gasteiger partial charge in [0.1, 0.15) is 6.04 Å². The molecule has 2 rings (SSSR count). The molecule has 3 N–H and O–H groups in total. The van der Waals surface area contributed by atoms with Crippen LogP contribution in [-0.4, -0.2) is 23.9 Å². The SMILES string of the molecule is CCC1CCCN(C(C(=O)NN)c2ccccc2)C1. The second kappa shape index (κ2) is 6.68. The van der Waals surface area contributed by atoms with Gasteiger partial charge in [-0.2, -0.15) is 0 Å². The van der Waals surface area contributed by atoms with E-state index in [1.54, 1.807) is 0 Å². The highest BCUT2D eigenvalue weighted by atomic mass is 16.2. The highest BCUT2D eigenvalue weighted by Crippen LogP contribution is 2.28. The number of carbonyl (C=O) groups excluding carboxylic acids is 1. The van der Waals surface area contributed by atoms with E-state index in [-0.39, 0.29) is 11.9 Å². The van der Waals surface area contributed by atoms with Gasteiger partial charge < -0.3 is 0 Å². The van der Waals surface area contributed by atoms with Crippen LogP contribution in [0.3, 0.4) is 0 Å². The van der Waals surface area contributed by atoms with Crippen molar-refractivity contribution in [2.75, 3.05) is 13.1 Å². The Morgan fingerprint density at radius 2 is 2.21 bits per heavy atom. The third-order valence-electron chi connectivity index (χ3n) is 4.00. The number of nitrogens with zero attached hydrogens (tertiary/aromatic N) is 1. The maximum absolute atomic E-state index is 12.1. The fourth-order valence-corrected chi connectivity index (χ4v) is 2.91. The van der Waals surface area contributed by atoms with Crippen molar-refractivity contribution in [3.05, 3.63) is 35.9 Å². The van der Waals surface area contributed by atoms with Gasteiger partial charge in [0.15, 0.2) is 0 Å². The maximum atomic E-state index is 12.1. The summed E-state index contributed by atoms with van der Waals surface area (Å²) in [4.78, 5) is 14.4. The van der Waals surface area contributed by atoms with Crippen molar-refractivity contribution in [1.82, 2.24) is 10.3 Å². The van der Waals surface area contributed by atoms with E-state index in [2.05, 4.69) is 17.2 Å². The lowest BCUT2D eigenvalue weighted by atomic mass is 9.93. The van der Waals surface area contributed by atoms with Gasteiger partial charge in [0, 0.05) is 6.54 Å². The van der Waals surface area contributed by atoms with E-state index in [0.717, 1.165) is 25.1 Å². The van der Waals surface area contributed by atoms with Gasteiger partial charge in [-0.3, -0.25) is 15.1 Å². The highest BCUT2D eigenvalue weighted by molar-refractivity contribution is 5.82. The van der Waals surface area contributed by atoms with E-state index >= 15 is 0 Å². The number of hydrogen-bond donors (Lipinski definition) is 2. The lowest BCUT2D eigenvalue weighted by Crippen LogP contribution is -2.46. The van der Waals surface area contributed by atoms with Crippen LogP contribution in [0.25, 0.3) is 0 Å². The van der Waals surface area contributed by atoms with Gasteiger partial charge in [-0.05, 0) is 30.9 Å². The summed E-state index contributed by atoms with van der Waals surface area (Å²) in [6.07, 6.45) is 3.58. The van der Waals surface area contributed by atoms with Crippen molar-refractivity contribution in [2.24, 2.45) is 11.8 Å². The Bertz CT molecular complexity index is 407. The van der Waals surface area contributed by atoms with Gasteiger partial charge in [-0.15, -0.1) is 0 Å². The van der Waals surface area contributed by atoms with Gasteiger partial charge in [0.25, 0.3) is 5.91 Å². The van der Waals surface area contributed by atoms with Gasteiger partial charge in [0.05, 0.1) is 0 Å². The standard InChI is InChI=1S/C15H23N3O/c1-2-12-7-6-10-18(11-12)14(15(19)17-16)13-8-4-3-5-9-13/h3-5,8-9,12,14H,2,6-7,10-11,16H2,1H3,(H,17,19). The molecule has 2 unspecified atom stereocenters. The molecule has 104 valence electrons. The minimum absolute atomic E-state index is 0.122. The predicted molar refractivity (Wildman–Crippen MR) is 76.1 cm³/mol. The van der Waals surface area contributed by atoms with E-state index < -0.39 is 0 Å². The first-order chi connectivity index (χ1) is 9.26. The van der Waals surface area contributed by atoms with Gasteiger partial charge >= 0.3 is 0 Å². The van der Waals surface area contributed by atoms with E-state index in [4.69, 9.17) is 5.84 Å². The summed E-state index contributed by atoms with van der Waals surface area (Å²) in [5.41, 5.74) is 3.33. The Hall–Kier alpha value is -1.39. The molecule has 1 amide bonds. The zero-order valence-electron chi connectivity index (χ0n) is 11.5. The zero-order chi connectivity index (χ0) is 13.7. The van der Waals surface area contributed by atoms with Crippen molar-refractivity contribution < 1.29 is 4.79 Å². The van der Waals surface area contributed by atoms with Crippen LogP contribution in [0.5, 0.6) is 0 Å². The molecular weight excluding hydrogens is 238 g/mol. The number of amides is 1. The normalized spacial score (nSPS) is 21.9. The second-order valence-corrected chi connectivity index (χ2v) is 5.23. The summed E-state index contributed by atoms with van der Waals surface area (Å²) in [6.45, 7) is 4.15. The van der Waals surface area contributed by atoms with Crippen LogP contribution in [0.2, 0.25) is 0 Å². The first-order valence-corrected chi connectivity index (χ1v) is 7.05. The van der Waals surface area contributed by atoms with E-state index in [0.29, 0.717) is 5.92 Å². The zero-order valence-corrected chi connectivity index (χ0v) is 11.5. The van der Waals surface area contributed by atoms with E-state index in [9.17, 15) is 4.79 Å². The fraction of sp³-hybridized carbons (Fsp3) is 0.533.